The van der Waals surface area contributed by atoms with Crippen molar-refractivity contribution in [3.8, 4) is 17.0 Å². The zero-order chi connectivity index (χ0) is 23.7. The van der Waals surface area contributed by atoms with Gasteiger partial charge in [-0.2, -0.15) is 0 Å². The molecule has 1 N–H and O–H groups in total. The number of Topliss-reactive ketones (excluding diaryl/α,β-unsaturated/α-hetero) is 1. The normalized spacial score (nSPS) is 10.9. The molecule has 1 aromatic heterocycles. The first-order chi connectivity index (χ1) is 16.5. The molecule has 4 aromatic carbocycles. The van der Waals surface area contributed by atoms with E-state index in [1.54, 1.807) is 31.4 Å². The molecular weight excluding hydrogens is 424 g/mol. The Labute approximate surface area is 197 Å². The van der Waals surface area contributed by atoms with Gasteiger partial charge in [-0.25, -0.2) is 4.98 Å². The average Bonchev–Trinajstić information content (AvgIpc) is 2.87. The predicted octanol–water partition coefficient (Wildman–Crippen LogP) is 6.52. The molecule has 0 aliphatic rings. The van der Waals surface area contributed by atoms with Crippen LogP contribution in [0.4, 0.5) is 5.69 Å². The Kier molecular flexibility index (Phi) is 5.52. The van der Waals surface area contributed by atoms with Crippen molar-refractivity contribution >= 4 is 39.1 Å². The molecule has 0 unspecified atom stereocenters. The smallest absolute Gasteiger partial charge is 0.256 e. The number of rotatable bonds is 5. The van der Waals surface area contributed by atoms with E-state index in [1.807, 2.05) is 60.7 Å². The summed E-state index contributed by atoms with van der Waals surface area (Å²) >= 11 is 0. The summed E-state index contributed by atoms with van der Waals surface area (Å²) in [5.74, 6) is 0.490. The maximum atomic E-state index is 13.3. The lowest BCUT2D eigenvalue weighted by molar-refractivity contribution is 0.101. The number of amides is 1. The van der Waals surface area contributed by atoms with Gasteiger partial charge in [0.05, 0.1) is 23.9 Å². The summed E-state index contributed by atoms with van der Waals surface area (Å²) in [5, 5.41) is 5.81. The van der Waals surface area contributed by atoms with Gasteiger partial charge in [-0.3, -0.25) is 9.59 Å². The number of hydrogen-bond donors (Lipinski definition) is 1. The Morgan fingerprint density at radius 3 is 2.44 bits per heavy atom. The highest BCUT2D eigenvalue weighted by Gasteiger charge is 2.15. The van der Waals surface area contributed by atoms with Gasteiger partial charge >= 0.3 is 0 Å². The number of carbonyl (C=O) groups is 2. The number of aromatic nitrogens is 1. The van der Waals surface area contributed by atoms with E-state index in [0.29, 0.717) is 22.5 Å². The Morgan fingerprint density at radius 2 is 1.62 bits per heavy atom. The Bertz CT molecular complexity index is 1570. The molecule has 0 saturated heterocycles. The second-order valence-corrected chi connectivity index (χ2v) is 8.09. The molecule has 0 aliphatic carbocycles. The molecule has 0 fully saturated rings. The lowest BCUT2D eigenvalue weighted by atomic mass is 10.0. The largest absolute Gasteiger partial charge is 0.497 e. The van der Waals surface area contributed by atoms with Crippen LogP contribution in [-0.4, -0.2) is 23.8 Å². The molecule has 34 heavy (non-hydrogen) atoms. The molecule has 1 amide bonds. The number of carbonyl (C=O) groups excluding carboxylic acids is 2. The van der Waals surface area contributed by atoms with Crippen LogP contribution in [0, 0.1) is 0 Å². The Morgan fingerprint density at radius 1 is 0.824 bits per heavy atom. The van der Waals surface area contributed by atoms with Crippen LogP contribution < -0.4 is 10.1 Å². The second kappa shape index (κ2) is 8.79. The van der Waals surface area contributed by atoms with Gasteiger partial charge in [-0.1, -0.05) is 48.5 Å². The highest BCUT2D eigenvalue weighted by Crippen LogP contribution is 2.29. The van der Waals surface area contributed by atoms with Crippen molar-refractivity contribution in [2.24, 2.45) is 0 Å². The van der Waals surface area contributed by atoms with Crippen LogP contribution in [0.25, 0.3) is 32.9 Å². The van der Waals surface area contributed by atoms with Crippen LogP contribution in [0.2, 0.25) is 0 Å². The summed E-state index contributed by atoms with van der Waals surface area (Å²) in [6.07, 6.45) is 0. The minimum atomic E-state index is -0.258. The average molecular weight is 447 g/mol. The fourth-order valence-corrected chi connectivity index (χ4v) is 4.04. The van der Waals surface area contributed by atoms with Crippen LogP contribution in [0.1, 0.15) is 27.6 Å². The SMILES string of the molecule is COc1ccc2cc(-c3cc(C(=O)Nc4cccc(C(C)=O)c4)c4ccccc4n3)ccc2c1. The van der Waals surface area contributed by atoms with E-state index in [9.17, 15) is 9.59 Å². The maximum Gasteiger partial charge on any atom is 0.256 e. The van der Waals surface area contributed by atoms with Gasteiger partial charge in [0.25, 0.3) is 5.91 Å². The van der Waals surface area contributed by atoms with Crippen molar-refractivity contribution < 1.29 is 14.3 Å². The molecule has 0 saturated carbocycles. The van der Waals surface area contributed by atoms with Crippen molar-refractivity contribution in [1.29, 1.82) is 0 Å². The van der Waals surface area contributed by atoms with Crippen LogP contribution in [0.15, 0.2) is 91.0 Å². The summed E-state index contributed by atoms with van der Waals surface area (Å²) in [6.45, 7) is 1.50. The van der Waals surface area contributed by atoms with Gasteiger partial charge in [-0.15, -0.1) is 0 Å². The highest BCUT2D eigenvalue weighted by atomic mass is 16.5. The van der Waals surface area contributed by atoms with Crippen molar-refractivity contribution in [1.82, 2.24) is 4.98 Å². The van der Waals surface area contributed by atoms with Crippen LogP contribution in [0.5, 0.6) is 5.75 Å². The number of nitrogens with zero attached hydrogens (tertiary/aromatic N) is 1. The first kappa shape index (κ1) is 21.3. The van der Waals surface area contributed by atoms with E-state index in [1.165, 1.54) is 6.92 Å². The van der Waals surface area contributed by atoms with Gasteiger partial charge in [-0.05, 0) is 60.2 Å². The van der Waals surface area contributed by atoms with E-state index in [0.717, 1.165) is 33.0 Å². The van der Waals surface area contributed by atoms with Crippen molar-refractivity contribution in [3.63, 3.8) is 0 Å². The van der Waals surface area contributed by atoms with E-state index >= 15 is 0 Å². The minimum Gasteiger partial charge on any atom is -0.497 e. The number of ketones is 1. The molecule has 1 heterocycles. The number of ether oxygens (including phenoxy) is 1. The third-order valence-electron chi connectivity index (χ3n) is 5.83. The molecule has 5 rings (SSSR count). The number of methoxy groups -OCH3 is 1. The highest BCUT2D eigenvalue weighted by molar-refractivity contribution is 6.13. The molecule has 166 valence electrons. The van der Waals surface area contributed by atoms with Gasteiger partial charge < -0.3 is 10.1 Å². The predicted molar refractivity (Wildman–Crippen MR) is 136 cm³/mol. The number of nitrogens with one attached hydrogen (secondary N) is 1. The summed E-state index contributed by atoms with van der Waals surface area (Å²) in [5.41, 5.74) is 3.99. The number of benzene rings is 4. The monoisotopic (exact) mass is 446 g/mol. The molecular formula is C29H22N2O3. The number of fused-ring (bicyclic) bond motifs is 2. The Hall–Kier alpha value is -4.51. The number of anilines is 1. The molecule has 0 atom stereocenters. The van der Waals surface area contributed by atoms with Gasteiger partial charge in [0.2, 0.25) is 0 Å². The van der Waals surface area contributed by atoms with Crippen LogP contribution in [-0.2, 0) is 0 Å². The minimum absolute atomic E-state index is 0.0540. The number of hydrogen-bond acceptors (Lipinski definition) is 4. The third-order valence-corrected chi connectivity index (χ3v) is 5.83. The molecule has 0 radical (unpaired) electrons. The number of para-hydroxylation sites is 1. The molecule has 5 heteroatoms. The van der Waals surface area contributed by atoms with E-state index < -0.39 is 0 Å². The van der Waals surface area contributed by atoms with Gasteiger partial charge in [0.1, 0.15) is 5.75 Å². The lowest BCUT2D eigenvalue weighted by Crippen LogP contribution is -2.13. The Balaban J connectivity index is 1.58. The van der Waals surface area contributed by atoms with Crippen LogP contribution in [0.3, 0.4) is 0 Å². The van der Waals surface area contributed by atoms with E-state index in [2.05, 4.69) is 11.4 Å². The quantitative estimate of drug-likeness (QED) is 0.312. The number of pyridine rings is 1. The molecule has 0 spiro atoms. The summed E-state index contributed by atoms with van der Waals surface area (Å²) in [7, 11) is 1.65. The zero-order valence-corrected chi connectivity index (χ0v) is 18.8. The summed E-state index contributed by atoms with van der Waals surface area (Å²) < 4.78 is 5.32. The summed E-state index contributed by atoms with van der Waals surface area (Å²) in [4.78, 5) is 29.9. The zero-order valence-electron chi connectivity index (χ0n) is 18.8. The van der Waals surface area contributed by atoms with E-state index in [4.69, 9.17) is 9.72 Å². The summed E-state index contributed by atoms with van der Waals surface area (Å²) in [6, 6.07) is 28.3. The van der Waals surface area contributed by atoms with Crippen molar-refractivity contribution in [3.05, 3.63) is 102 Å². The first-order valence-electron chi connectivity index (χ1n) is 10.9. The van der Waals surface area contributed by atoms with Gasteiger partial charge in [0.15, 0.2) is 5.78 Å². The molecule has 5 aromatic rings. The molecule has 0 bridgehead atoms. The third kappa shape index (κ3) is 4.11. The maximum absolute atomic E-state index is 13.3. The standard InChI is InChI=1S/C29H22N2O3/c1-18(32)19-6-5-7-23(15-19)30-29(33)26-17-28(31-27-9-4-3-8-25(26)27)22-11-10-21-16-24(34-2)13-12-20(21)14-22/h3-17H,1-2H3,(H,30,33). The fraction of sp³-hybridized carbons (Fsp3) is 0.0690. The second-order valence-electron chi connectivity index (χ2n) is 8.09. The fourth-order valence-electron chi connectivity index (χ4n) is 4.04. The topological polar surface area (TPSA) is 68.3 Å². The lowest BCUT2D eigenvalue weighted by Gasteiger charge is -2.12. The molecule has 0 aliphatic heterocycles. The first-order valence-corrected chi connectivity index (χ1v) is 10.9. The van der Waals surface area contributed by atoms with Crippen molar-refractivity contribution in [2.45, 2.75) is 6.92 Å². The van der Waals surface area contributed by atoms with Crippen LogP contribution >= 0.6 is 0 Å². The van der Waals surface area contributed by atoms with Crippen molar-refractivity contribution in [2.75, 3.05) is 12.4 Å². The molecule has 5 nitrogen and oxygen atoms in total. The van der Waals surface area contributed by atoms with E-state index in [-0.39, 0.29) is 11.7 Å². The van der Waals surface area contributed by atoms with Gasteiger partial charge in [0, 0.05) is 22.2 Å².